The predicted molar refractivity (Wildman–Crippen MR) is 115 cm³/mol. The monoisotopic (exact) mass is 443 g/mol. The van der Waals surface area contributed by atoms with Crippen molar-refractivity contribution in [3.63, 3.8) is 0 Å². The lowest BCUT2D eigenvalue weighted by molar-refractivity contribution is -0.113. The number of anilines is 1. The summed E-state index contributed by atoms with van der Waals surface area (Å²) in [6, 6.07) is 7.17. The number of rotatable bonds is 5. The summed E-state index contributed by atoms with van der Waals surface area (Å²) >= 11 is 2.65. The second kappa shape index (κ2) is 7.65. The summed E-state index contributed by atoms with van der Waals surface area (Å²) in [6.45, 7) is 3.39. The Bertz CT molecular complexity index is 1330. The van der Waals surface area contributed by atoms with Crippen molar-refractivity contribution < 1.29 is 14.3 Å². The van der Waals surface area contributed by atoms with Crippen LogP contribution in [-0.4, -0.2) is 44.0 Å². The zero-order valence-electron chi connectivity index (χ0n) is 16.0. The van der Waals surface area contributed by atoms with Crippen LogP contribution in [0.3, 0.4) is 0 Å². The molecule has 0 bridgehead atoms. The van der Waals surface area contributed by atoms with Crippen LogP contribution < -0.4 is 20.3 Å². The van der Waals surface area contributed by atoms with Crippen LogP contribution in [0.1, 0.15) is 6.92 Å². The summed E-state index contributed by atoms with van der Waals surface area (Å²) in [7, 11) is 0. The van der Waals surface area contributed by atoms with E-state index in [1.807, 2.05) is 22.8 Å². The van der Waals surface area contributed by atoms with E-state index >= 15 is 0 Å². The molecule has 3 aromatic heterocycles. The number of nitrogens with one attached hydrogen (secondary N) is 1. The summed E-state index contributed by atoms with van der Waals surface area (Å²) in [6.07, 6.45) is 0. The molecule has 9 nitrogen and oxygen atoms in total. The van der Waals surface area contributed by atoms with Crippen molar-refractivity contribution in [1.82, 2.24) is 19.2 Å². The van der Waals surface area contributed by atoms with Gasteiger partial charge >= 0.3 is 0 Å². The maximum absolute atomic E-state index is 12.6. The molecule has 0 spiro atoms. The summed E-state index contributed by atoms with van der Waals surface area (Å²) in [5.41, 5.74) is 1.32. The molecule has 1 aromatic carbocycles. The van der Waals surface area contributed by atoms with Crippen molar-refractivity contribution in [1.29, 1.82) is 0 Å². The third kappa shape index (κ3) is 3.19. The van der Waals surface area contributed by atoms with Crippen molar-refractivity contribution in [2.45, 2.75) is 18.6 Å². The summed E-state index contributed by atoms with van der Waals surface area (Å²) in [5, 5.41) is 13.7. The van der Waals surface area contributed by atoms with Gasteiger partial charge < -0.3 is 14.8 Å². The van der Waals surface area contributed by atoms with Gasteiger partial charge in [-0.05, 0) is 30.5 Å². The number of fused-ring (bicyclic) bond motifs is 4. The first-order chi connectivity index (χ1) is 14.7. The van der Waals surface area contributed by atoms with E-state index in [0.717, 1.165) is 5.52 Å². The van der Waals surface area contributed by atoms with Gasteiger partial charge in [0.2, 0.25) is 11.7 Å². The van der Waals surface area contributed by atoms with Crippen molar-refractivity contribution >= 4 is 50.7 Å². The average Bonchev–Trinajstić information content (AvgIpc) is 3.40. The van der Waals surface area contributed by atoms with Crippen LogP contribution in [0.25, 0.3) is 16.0 Å². The molecule has 0 unspecified atom stereocenters. The Morgan fingerprint density at radius 3 is 2.90 bits per heavy atom. The topological polar surface area (TPSA) is 99.8 Å². The highest BCUT2D eigenvalue weighted by atomic mass is 32.2. The third-order valence-corrected chi connectivity index (χ3v) is 6.48. The number of hydrogen-bond donors (Lipinski definition) is 1. The van der Waals surface area contributed by atoms with E-state index in [0.29, 0.717) is 52.6 Å². The second-order valence-electron chi connectivity index (χ2n) is 6.50. The van der Waals surface area contributed by atoms with Gasteiger partial charge in [0.15, 0.2) is 16.7 Å². The number of ether oxygens (including phenoxy) is 2. The van der Waals surface area contributed by atoms with Gasteiger partial charge in [0, 0.05) is 18.3 Å². The normalized spacial score (nSPS) is 13.1. The molecule has 0 atom stereocenters. The molecule has 0 fully saturated rings. The van der Waals surface area contributed by atoms with Gasteiger partial charge in [-0.1, -0.05) is 11.8 Å². The van der Waals surface area contributed by atoms with Gasteiger partial charge in [-0.3, -0.25) is 18.6 Å². The van der Waals surface area contributed by atoms with E-state index in [1.54, 1.807) is 22.8 Å². The standard InChI is InChI=1S/C19H17N5O4S2/c1-2-23-17(26)16-12(5-8-29-16)24-18(23)21-22-19(24)30-10-15(25)20-11-3-4-13-14(9-11)28-7-6-27-13/h3-5,8-9H,2,6-7,10H2,1H3,(H,20,25). The first kappa shape index (κ1) is 18.9. The van der Waals surface area contributed by atoms with Gasteiger partial charge in [-0.15, -0.1) is 21.5 Å². The van der Waals surface area contributed by atoms with E-state index < -0.39 is 0 Å². The number of benzene rings is 1. The number of thioether (sulfide) groups is 1. The molecule has 0 saturated heterocycles. The highest BCUT2D eigenvalue weighted by molar-refractivity contribution is 7.99. The van der Waals surface area contributed by atoms with E-state index in [-0.39, 0.29) is 17.2 Å². The number of aryl methyl sites for hydroxylation is 1. The van der Waals surface area contributed by atoms with Crippen LogP contribution in [0.4, 0.5) is 5.69 Å². The predicted octanol–water partition coefficient (Wildman–Crippen LogP) is 2.63. The Balaban J connectivity index is 1.37. The van der Waals surface area contributed by atoms with Crippen LogP contribution >= 0.6 is 23.1 Å². The quantitative estimate of drug-likeness (QED) is 0.473. The molecule has 1 aliphatic rings. The molecular weight excluding hydrogens is 426 g/mol. The minimum Gasteiger partial charge on any atom is -0.486 e. The number of thiophene rings is 1. The van der Waals surface area contributed by atoms with Crippen LogP contribution in [-0.2, 0) is 11.3 Å². The lowest BCUT2D eigenvalue weighted by atomic mass is 10.2. The molecule has 4 aromatic rings. The Kier molecular flexibility index (Phi) is 4.83. The maximum atomic E-state index is 12.6. The summed E-state index contributed by atoms with van der Waals surface area (Å²) < 4.78 is 15.1. The van der Waals surface area contributed by atoms with Gasteiger partial charge in [0.25, 0.3) is 5.56 Å². The zero-order chi connectivity index (χ0) is 20.7. The van der Waals surface area contributed by atoms with E-state index in [4.69, 9.17) is 9.47 Å². The fourth-order valence-corrected chi connectivity index (χ4v) is 4.89. The van der Waals surface area contributed by atoms with Crippen LogP contribution in [0.15, 0.2) is 39.6 Å². The first-order valence-electron chi connectivity index (χ1n) is 9.33. The van der Waals surface area contributed by atoms with Gasteiger partial charge in [0.1, 0.15) is 17.9 Å². The van der Waals surface area contributed by atoms with Crippen LogP contribution in [0.5, 0.6) is 11.5 Å². The lowest BCUT2D eigenvalue weighted by Gasteiger charge is -2.18. The van der Waals surface area contributed by atoms with E-state index in [9.17, 15) is 9.59 Å². The average molecular weight is 444 g/mol. The van der Waals surface area contributed by atoms with E-state index in [2.05, 4.69) is 15.5 Å². The zero-order valence-corrected chi connectivity index (χ0v) is 17.6. The largest absolute Gasteiger partial charge is 0.486 e. The maximum Gasteiger partial charge on any atom is 0.272 e. The molecule has 30 heavy (non-hydrogen) atoms. The second-order valence-corrected chi connectivity index (χ2v) is 8.36. The van der Waals surface area contributed by atoms with Crippen molar-refractivity contribution in [3.05, 3.63) is 40.0 Å². The molecule has 11 heteroatoms. The number of hydrogen-bond acceptors (Lipinski definition) is 8. The highest BCUT2D eigenvalue weighted by Crippen LogP contribution is 2.32. The first-order valence-corrected chi connectivity index (χ1v) is 11.2. The van der Waals surface area contributed by atoms with Crippen molar-refractivity contribution in [2.24, 2.45) is 0 Å². The van der Waals surface area contributed by atoms with Crippen LogP contribution in [0, 0.1) is 0 Å². The lowest BCUT2D eigenvalue weighted by Crippen LogP contribution is -2.21. The minimum atomic E-state index is -0.182. The highest BCUT2D eigenvalue weighted by Gasteiger charge is 2.18. The fourth-order valence-electron chi connectivity index (χ4n) is 3.33. The Labute approximate surface area is 178 Å². The van der Waals surface area contributed by atoms with Crippen LogP contribution in [0.2, 0.25) is 0 Å². The van der Waals surface area contributed by atoms with Crippen molar-refractivity contribution in [3.8, 4) is 11.5 Å². The molecule has 0 radical (unpaired) electrons. The summed E-state index contributed by atoms with van der Waals surface area (Å²) in [5.74, 6) is 1.73. The third-order valence-electron chi connectivity index (χ3n) is 4.66. The Morgan fingerprint density at radius 1 is 1.23 bits per heavy atom. The molecule has 1 aliphatic heterocycles. The number of carbonyl (C=O) groups is 1. The minimum absolute atomic E-state index is 0.0738. The number of nitrogens with zero attached hydrogens (tertiary/aromatic N) is 4. The number of amides is 1. The van der Waals surface area contributed by atoms with Crippen molar-refractivity contribution in [2.75, 3.05) is 24.3 Å². The molecule has 1 N–H and O–H groups in total. The molecule has 0 saturated carbocycles. The molecule has 5 rings (SSSR count). The summed E-state index contributed by atoms with van der Waals surface area (Å²) in [4.78, 5) is 25.1. The molecule has 1 amide bonds. The smallest absolute Gasteiger partial charge is 0.272 e. The van der Waals surface area contributed by atoms with E-state index in [1.165, 1.54) is 23.1 Å². The molecule has 4 heterocycles. The van der Waals surface area contributed by atoms with Gasteiger partial charge in [-0.25, -0.2) is 0 Å². The Hall–Kier alpha value is -3.05. The molecular formula is C19H17N5O4S2. The fraction of sp³-hybridized carbons (Fsp3) is 0.263. The molecule has 154 valence electrons. The number of aromatic nitrogens is 4. The van der Waals surface area contributed by atoms with Gasteiger partial charge in [0.05, 0.1) is 11.3 Å². The Morgan fingerprint density at radius 2 is 2.07 bits per heavy atom. The molecule has 0 aliphatic carbocycles. The van der Waals surface area contributed by atoms with Gasteiger partial charge in [-0.2, -0.15) is 0 Å². The number of carbonyl (C=O) groups excluding carboxylic acids is 1. The SMILES string of the molecule is CCn1c(=O)c2sccc2n2c(SCC(=O)Nc3ccc4c(c3)OCCO4)nnc12.